The van der Waals surface area contributed by atoms with Gasteiger partial charge in [0.15, 0.2) is 0 Å². The number of nitrogens with zero attached hydrogens (tertiary/aromatic N) is 1. The minimum absolute atomic E-state index is 0.118. The van der Waals surface area contributed by atoms with E-state index in [1.807, 2.05) is 29.2 Å². The van der Waals surface area contributed by atoms with Gasteiger partial charge in [0.25, 0.3) is 0 Å². The van der Waals surface area contributed by atoms with Crippen molar-refractivity contribution >= 4 is 11.8 Å². The normalized spacial score (nSPS) is 18.8. The molecule has 2 aliphatic heterocycles. The van der Waals surface area contributed by atoms with Gasteiger partial charge >= 0.3 is 0 Å². The van der Waals surface area contributed by atoms with Crippen LogP contribution in [0.25, 0.3) is 0 Å². The van der Waals surface area contributed by atoms with Crippen LogP contribution in [0.1, 0.15) is 18.4 Å². The maximum atomic E-state index is 12.5. The van der Waals surface area contributed by atoms with Crippen LogP contribution < -0.4 is 15.4 Å². The van der Waals surface area contributed by atoms with Gasteiger partial charge in [-0.25, -0.2) is 0 Å². The Labute approximate surface area is 142 Å². The molecule has 2 N–H and O–H groups in total. The molecule has 1 aromatic rings. The van der Waals surface area contributed by atoms with Crippen LogP contribution >= 0.6 is 0 Å². The molecule has 2 heterocycles. The fourth-order valence-electron chi connectivity index (χ4n) is 3.19. The first-order valence-electron chi connectivity index (χ1n) is 8.58. The molecule has 2 saturated heterocycles. The van der Waals surface area contributed by atoms with Crippen LogP contribution in [0, 0.1) is 5.92 Å². The molecule has 130 valence electrons. The summed E-state index contributed by atoms with van der Waals surface area (Å²) in [4.78, 5) is 26.4. The summed E-state index contributed by atoms with van der Waals surface area (Å²) in [5.41, 5.74) is 0.915. The van der Waals surface area contributed by atoms with Crippen LogP contribution in [-0.2, 0) is 16.0 Å². The van der Waals surface area contributed by atoms with Crippen LogP contribution in [0.3, 0.4) is 0 Å². The standard InChI is InChI=1S/C18H25N3O3/c1-24-16-5-3-2-4-13(16)10-17(22)21-8-6-15(7-9-21)20-18(23)14-11-19-12-14/h2-5,14-15,19H,6-12H2,1H3,(H,20,23). The van der Waals surface area contributed by atoms with E-state index >= 15 is 0 Å². The number of carbonyl (C=O) groups is 2. The summed E-state index contributed by atoms with van der Waals surface area (Å²) in [7, 11) is 1.62. The molecule has 3 rings (SSSR count). The zero-order valence-corrected chi connectivity index (χ0v) is 14.1. The van der Waals surface area contributed by atoms with Gasteiger partial charge in [-0.15, -0.1) is 0 Å². The number of rotatable bonds is 5. The van der Waals surface area contributed by atoms with Gasteiger partial charge in [0, 0.05) is 37.8 Å². The molecule has 2 amide bonds. The molecule has 2 fully saturated rings. The van der Waals surface area contributed by atoms with Gasteiger partial charge in [-0.1, -0.05) is 18.2 Å². The van der Waals surface area contributed by atoms with E-state index in [-0.39, 0.29) is 23.8 Å². The fraction of sp³-hybridized carbons (Fsp3) is 0.556. The number of piperidine rings is 1. The van der Waals surface area contributed by atoms with E-state index < -0.39 is 0 Å². The number of nitrogens with one attached hydrogen (secondary N) is 2. The zero-order chi connectivity index (χ0) is 16.9. The van der Waals surface area contributed by atoms with Crippen LogP contribution in [0.15, 0.2) is 24.3 Å². The third kappa shape index (κ3) is 3.87. The number of para-hydroxylation sites is 1. The molecular weight excluding hydrogens is 306 g/mol. The first-order chi connectivity index (χ1) is 11.7. The zero-order valence-electron chi connectivity index (χ0n) is 14.1. The highest BCUT2D eigenvalue weighted by molar-refractivity contribution is 5.81. The van der Waals surface area contributed by atoms with Crippen molar-refractivity contribution in [3.63, 3.8) is 0 Å². The van der Waals surface area contributed by atoms with Gasteiger partial charge in [0.05, 0.1) is 19.4 Å². The largest absolute Gasteiger partial charge is 0.496 e. The van der Waals surface area contributed by atoms with Gasteiger partial charge < -0.3 is 20.3 Å². The molecule has 6 heteroatoms. The molecule has 0 atom stereocenters. The Kier molecular flexibility index (Phi) is 5.35. The van der Waals surface area contributed by atoms with Gasteiger partial charge in [0.1, 0.15) is 5.75 Å². The molecular formula is C18H25N3O3. The van der Waals surface area contributed by atoms with Crippen molar-refractivity contribution in [2.75, 3.05) is 33.3 Å². The van der Waals surface area contributed by atoms with Crippen molar-refractivity contribution in [3.8, 4) is 5.75 Å². The van der Waals surface area contributed by atoms with Crippen LogP contribution in [0.5, 0.6) is 5.75 Å². The average Bonchev–Trinajstić information content (AvgIpc) is 2.54. The van der Waals surface area contributed by atoms with E-state index in [1.165, 1.54) is 0 Å². The predicted octanol–water partition coefficient (Wildman–Crippen LogP) is 0.564. The number of hydrogen-bond donors (Lipinski definition) is 2. The SMILES string of the molecule is COc1ccccc1CC(=O)N1CCC(NC(=O)C2CNC2)CC1. The van der Waals surface area contributed by atoms with Crippen molar-refractivity contribution in [3.05, 3.63) is 29.8 Å². The minimum Gasteiger partial charge on any atom is -0.496 e. The highest BCUT2D eigenvalue weighted by Gasteiger charge is 2.29. The second kappa shape index (κ2) is 7.66. The lowest BCUT2D eigenvalue weighted by Crippen LogP contribution is -2.54. The first-order valence-corrected chi connectivity index (χ1v) is 8.58. The van der Waals surface area contributed by atoms with E-state index in [1.54, 1.807) is 7.11 Å². The summed E-state index contributed by atoms with van der Waals surface area (Å²) < 4.78 is 5.31. The lowest BCUT2D eigenvalue weighted by Gasteiger charge is -2.34. The molecule has 6 nitrogen and oxygen atoms in total. The minimum atomic E-state index is 0.118. The van der Waals surface area contributed by atoms with E-state index in [0.29, 0.717) is 19.5 Å². The van der Waals surface area contributed by atoms with E-state index in [0.717, 1.165) is 37.2 Å². The Morgan fingerprint density at radius 3 is 2.58 bits per heavy atom. The van der Waals surface area contributed by atoms with Gasteiger partial charge in [-0.2, -0.15) is 0 Å². The molecule has 0 radical (unpaired) electrons. The molecule has 24 heavy (non-hydrogen) atoms. The number of amides is 2. The lowest BCUT2D eigenvalue weighted by atomic mass is 9.99. The number of likely N-dealkylation sites (tertiary alicyclic amines) is 1. The Hall–Kier alpha value is -2.08. The maximum absolute atomic E-state index is 12.5. The van der Waals surface area contributed by atoms with Crippen molar-refractivity contribution in [2.24, 2.45) is 5.92 Å². The van der Waals surface area contributed by atoms with Gasteiger partial charge in [-0.05, 0) is 18.9 Å². The fourth-order valence-corrected chi connectivity index (χ4v) is 3.19. The molecule has 0 spiro atoms. The predicted molar refractivity (Wildman–Crippen MR) is 90.8 cm³/mol. The van der Waals surface area contributed by atoms with E-state index in [2.05, 4.69) is 10.6 Å². The third-order valence-electron chi connectivity index (χ3n) is 4.88. The molecule has 2 aliphatic rings. The topological polar surface area (TPSA) is 70.7 Å². The van der Waals surface area contributed by atoms with Gasteiger partial charge in [0.2, 0.25) is 11.8 Å². The molecule has 0 aromatic heterocycles. The van der Waals surface area contributed by atoms with Crippen molar-refractivity contribution in [1.29, 1.82) is 0 Å². The summed E-state index contributed by atoms with van der Waals surface area (Å²) in [6.07, 6.45) is 2.00. The second-order valence-electron chi connectivity index (χ2n) is 6.51. The first kappa shape index (κ1) is 16.8. The van der Waals surface area contributed by atoms with Crippen LogP contribution in [0.2, 0.25) is 0 Å². The number of hydrogen-bond acceptors (Lipinski definition) is 4. The number of carbonyl (C=O) groups excluding carboxylic acids is 2. The smallest absolute Gasteiger partial charge is 0.227 e. The Balaban J connectivity index is 1.47. The maximum Gasteiger partial charge on any atom is 0.227 e. The van der Waals surface area contributed by atoms with E-state index in [9.17, 15) is 9.59 Å². The lowest BCUT2D eigenvalue weighted by molar-refractivity contribution is -0.132. The summed E-state index contributed by atoms with van der Waals surface area (Å²) in [5.74, 6) is 1.14. The van der Waals surface area contributed by atoms with E-state index in [4.69, 9.17) is 4.74 Å². The summed E-state index contributed by atoms with van der Waals surface area (Å²) in [5, 5.41) is 6.22. The third-order valence-corrected chi connectivity index (χ3v) is 4.88. The van der Waals surface area contributed by atoms with Crippen molar-refractivity contribution in [1.82, 2.24) is 15.5 Å². The molecule has 1 aromatic carbocycles. The van der Waals surface area contributed by atoms with Crippen LogP contribution in [0.4, 0.5) is 0 Å². The summed E-state index contributed by atoms with van der Waals surface area (Å²) in [6, 6.07) is 7.81. The summed E-state index contributed by atoms with van der Waals surface area (Å²) in [6.45, 7) is 2.95. The Morgan fingerprint density at radius 2 is 1.96 bits per heavy atom. The van der Waals surface area contributed by atoms with Crippen molar-refractivity contribution < 1.29 is 14.3 Å². The van der Waals surface area contributed by atoms with Crippen LogP contribution in [-0.4, -0.2) is 56.0 Å². The number of ether oxygens (including phenoxy) is 1. The Bertz CT molecular complexity index is 593. The molecule has 0 aliphatic carbocycles. The highest BCUT2D eigenvalue weighted by Crippen LogP contribution is 2.20. The number of benzene rings is 1. The Morgan fingerprint density at radius 1 is 1.25 bits per heavy atom. The second-order valence-corrected chi connectivity index (χ2v) is 6.51. The number of methoxy groups -OCH3 is 1. The van der Waals surface area contributed by atoms with Gasteiger partial charge in [-0.3, -0.25) is 9.59 Å². The quantitative estimate of drug-likeness (QED) is 0.827. The monoisotopic (exact) mass is 331 g/mol. The molecule has 0 saturated carbocycles. The molecule has 0 unspecified atom stereocenters. The molecule has 0 bridgehead atoms. The highest BCUT2D eigenvalue weighted by atomic mass is 16.5. The summed E-state index contributed by atoms with van der Waals surface area (Å²) >= 11 is 0. The average molecular weight is 331 g/mol. The van der Waals surface area contributed by atoms with Crippen molar-refractivity contribution in [2.45, 2.75) is 25.3 Å².